The quantitative estimate of drug-likeness (QED) is 0.638. The van der Waals surface area contributed by atoms with Crippen LogP contribution in [0.4, 0.5) is 0 Å². The van der Waals surface area contributed by atoms with Crippen LogP contribution in [0.3, 0.4) is 0 Å². The van der Waals surface area contributed by atoms with Crippen molar-refractivity contribution in [2.24, 2.45) is 11.7 Å². The predicted molar refractivity (Wildman–Crippen MR) is 80.5 cm³/mol. The number of rotatable bonds is 4. The maximum Gasteiger partial charge on any atom is 0.328 e. The molecule has 5 heteroatoms. The molecule has 0 heterocycles. The van der Waals surface area contributed by atoms with Gasteiger partial charge in [0.25, 0.3) is 5.91 Å². The molecule has 0 aliphatic heterocycles. The van der Waals surface area contributed by atoms with E-state index < -0.39 is 12.0 Å². The highest BCUT2D eigenvalue weighted by Crippen LogP contribution is 2.07. The summed E-state index contributed by atoms with van der Waals surface area (Å²) in [5, 5.41) is 2.68. The maximum atomic E-state index is 12.1. The molecule has 0 aliphatic rings. The third-order valence-electron chi connectivity index (χ3n) is 2.89. The summed E-state index contributed by atoms with van der Waals surface area (Å²) in [7, 11) is 1.30. The number of nitrogens with two attached hydrogens (primary N) is 1. The van der Waals surface area contributed by atoms with Crippen molar-refractivity contribution in [2.45, 2.75) is 19.9 Å². The van der Waals surface area contributed by atoms with Crippen LogP contribution < -0.4 is 11.1 Å². The Hall–Kier alpha value is -2.32. The van der Waals surface area contributed by atoms with Crippen LogP contribution in [0, 0.1) is 17.8 Å². The summed E-state index contributed by atoms with van der Waals surface area (Å²) in [5.74, 6) is 4.78. The molecule has 1 aromatic rings. The Labute approximate surface area is 124 Å². The summed E-state index contributed by atoms with van der Waals surface area (Å²) in [5.41, 5.74) is 6.54. The van der Waals surface area contributed by atoms with Crippen LogP contribution in [0.5, 0.6) is 0 Å². The zero-order valence-electron chi connectivity index (χ0n) is 12.5. The molecule has 112 valence electrons. The van der Waals surface area contributed by atoms with Gasteiger partial charge in [0.1, 0.15) is 6.04 Å². The van der Waals surface area contributed by atoms with E-state index in [0.717, 1.165) is 5.56 Å². The van der Waals surface area contributed by atoms with Gasteiger partial charge in [-0.1, -0.05) is 25.7 Å². The second-order valence-electron chi connectivity index (χ2n) is 4.80. The van der Waals surface area contributed by atoms with Gasteiger partial charge in [-0.3, -0.25) is 4.79 Å². The smallest absolute Gasteiger partial charge is 0.328 e. The molecule has 3 N–H and O–H groups in total. The van der Waals surface area contributed by atoms with Gasteiger partial charge in [-0.2, -0.15) is 0 Å². The van der Waals surface area contributed by atoms with Crippen LogP contribution in [0.2, 0.25) is 0 Å². The maximum absolute atomic E-state index is 12.1. The van der Waals surface area contributed by atoms with E-state index in [-0.39, 0.29) is 18.4 Å². The minimum Gasteiger partial charge on any atom is -0.467 e. The molecule has 21 heavy (non-hydrogen) atoms. The van der Waals surface area contributed by atoms with Gasteiger partial charge in [0.05, 0.1) is 13.7 Å². The van der Waals surface area contributed by atoms with Gasteiger partial charge >= 0.3 is 5.97 Å². The minimum atomic E-state index is -0.667. The van der Waals surface area contributed by atoms with Crippen molar-refractivity contribution in [3.63, 3.8) is 0 Å². The molecule has 1 atom stereocenters. The highest BCUT2D eigenvalue weighted by atomic mass is 16.5. The normalized spacial score (nSPS) is 11.3. The molecule has 5 nitrogen and oxygen atoms in total. The van der Waals surface area contributed by atoms with Gasteiger partial charge in [0.15, 0.2) is 0 Å². The molecule has 0 saturated heterocycles. The number of methoxy groups -OCH3 is 1. The highest BCUT2D eigenvalue weighted by Gasteiger charge is 2.25. The lowest BCUT2D eigenvalue weighted by Crippen LogP contribution is -2.45. The zero-order valence-corrected chi connectivity index (χ0v) is 12.5. The van der Waals surface area contributed by atoms with Crippen molar-refractivity contribution < 1.29 is 14.3 Å². The van der Waals surface area contributed by atoms with E-state index >= 15 is 0 Å². The van der Waals surface area contributed by atoms with Crippen molar-refractivity contribution in [3.8, 4) is 11.8 Å². The van der Waals surface area contributed by atoms with E-state index in [9.17, 15) is 9.59 Å². The number of benzene rings is 1. The zero-order chi connectivity index (χ0) is 15.8. The molecule has 1 unspecified atom stereocenters. The van der Waals surface area contributed by atoms with E-state index in [1.165, 1.54) is 7.11 Å². The van der Waals surface area contributed by atoms with Gasteiger partial charge in [0.2, 0.25) is 0 Å². The third-order valence-corrected chi connectivity index (χ3v) is 2.89. The molecule has 1 amide bonds. The average molecular weight is 288 g/mol. The van der Waals surface area contributed by atoms with Gasteiger partial charge in [0, 0.05) is 11.1 Å². The molecule has 0 radical (unpaired) electrons. The summed E-state index contributed by atoms with van der Waals surface area (Å²) in [6.45, 7) is 3.97. The lowest BCUT2D eigenvalue weighted by Gasteiger charge is -2.19. The Morgan fingerprint density at radius 2 is 1.90 bits per heavy atom. The number of nitrogens with one attached hydrogen (secondary N) is 1. The monoisotopic (exact) mass is 288 g/mol. The standard InChI is InChI=1S/C16H20N2O3/c1-11(2)14(16(20)21-3)18-15(19)13-8-6-12(7-9-13)5-4-10-17/h6-9,11,14H,10,17H2,1-3H3,(H,18,19). The lowest BCUT2D eigenvalue weighted by molar-refractivity contribution is -0.144. The summed E-state index contributed by atoms with van der Waals surface area (Å²) in [6, 6.07) is 6.12. The number of esters is 1. The molecule has 0 aromatic heterocycles. The van der Waals surface area contributed by atoms with Crippen molar-refractivity contribution in [1.29, 1.82) is 0 Å². The molecule has 0 aliphatic carbocycles. The largest absolute Gasteiger partial charge is 0.467 e. The van der Waals surface area contributed by atoms with E-state index in [2.05, 4.69) is 17.2 Å². The Kier molecular flexibility index (Phi) is 6.44. The Bertz CT molecular complexity index is 553. The first kappa shape index (κ1) is 16.7. The first-order chi connectivity index (χ1) is 9.99. The van der Waals surface area contributed by atoms with Gasteiger partial charge in [-0.15, -0.1) is 0 Å². The lowest BCUT2D eigenvalue weighted by atomic mass is 10.0. The van der Waals surface area contributed by atoms with Gasteiger partial charge < -0.3 is 15.8 Å². The molecular weight excluding hydrogens is 268 g/mol. The second-order valence-corrected chi connectivity index (χ2v) is 4.80. The molecule has 0 fully saturated rings. The number of carbonyl (C=O) groups excluding carboxylic acids is 2. The van der Waals surface area contributed by atoms with Crippen LogP contribution in [0.25, 0.3) is 0 Å². The minimum absolute atomic E-state index is 0.0592. The molecular formula is C16H20N2O3. The fourth-order valence-electron chi connectivity index (χ4n) is 1.71. The number of hydrogen-bond acceptors (Lipinski definition) is 4. The van der Waals surface area contributed by atoms with Crippen molar-refractivity contribution in [2.75, 3.05) is 13.7 Å². The summed E-state index contributed by atoms with van der Waals surface area (Å²) in [6.07, 6.45) is 0. The third kappa shape index (κ3) is 4.93. The van der Waals surface area contributed by atoms with Gasteiger partial charge in [-0.05, 0) is 30.2 Å². The summed E-state index contributed by atoms with van der Waals surface area (Å²) in [4.78, 5) is 23.8. The van der Waals surface area contributed by atoms with Crippen LogP contribution in [0.1, 0.15) is 29.8 Å². The topological polar surface area (TPSA) is 81.4 Å². The fraction of sp³-hybridized carbons (Fsp3) is 0.375. The van der Waals surface area contributed by atoms with E-state index in [1.807, 2.05) is 13.8 Å². The van der Waals surface area contributed by atoms with E-state index in [4.69, 9.17) is 10.5 Å². The van der Waals surface area contributed by atoms with Gasteiger partial charge in [-0.25, -0.2) is 4.79 Å². The highest BCUT2D eigenvalue weighted by molar-refractivity contribution is 5.96. The van der Waals surface area contributed by atoms with Crippen LogP contribution in [-0.2, 0) is 9.53 Å². The van der Waals surface area contributed by atoms with Crippen molar-refractivity contribution in [1.82, 2.24) is 5.32 Å². The summed E-state index contributed by atoms with van der Waals surface area (Å²) >= 11 is 0. The van der Waals surface area contributed by atoms with Crippen LogP contribution >= 0.6 is 0 Å². The van der Waals surface area contributed by atoms with Crippen molar-refractivity contribution >= 4 is 11.9 Å². The van der Waals surface area contributed by atoms with E-state index in [0.29, 0.717) is 5.56 Å². The van der Waals surface area contributed by atoms with Crippen LogP contribution in [-0.4, -0.2) is 31.6 Å². The van der Waals surface area contributed by atoms with Crippen molar-refractivity contribution in [3.05, 3.63) is 35.4 Å². The van der Waals surface area contributed by atoms with E-state index in [1.54, 1.807) is 24.3 Å². The number of ether oxygens (including phenoxy) is 1. The number of carbonyl (C=O) groups is 2. The second kappa shape index (κ2) is 8.08. The molecule has 0 bridgehead atoms. The molecule has 1 aromatic carbocycles. The first-order valence-electron chi connectivity index (χ1n) is 6.67. The average Bonchev–Trinajstić information content (AvgIpc) is 2.49. The number of hydrogen-bond donors (Lipinski definition) is 2. The molecule has 0 spiro atoms. The first-order valence-corrected chi connectivity index (χ1v) is 6.67. The number of amides is 1. The Balaban J connectivity index is 2.81. The SMILES string of the molecule is COC(=O)C(NC(=O)c1ccc(C#CCN)cc1)C(C)C. The fourth-order valence-corrected chi connectivity index (χ4v) is 1.71. The molecule has 0 saturated carbocycles. The Morgan fingerprint density at radius 1 is 1.29 bits per heavy atom. The van der Waals surface area contributed by atoms with Crippen LogP contribution in [0.15, 0.2) is 24.3 Å². The summed E-state index contributed by atoms with van der Waals surface area (Å²) < 4.78 is 4.69. The predicted octanol–water partition coefficient (Wildman–Crippen LogP) is 0.924. The molecule has 1 rings (SSSR count). The Morgan fingerprint density at radius 3 is 2.38 bits per heavy atom.